The van der Waals surface area contributed by atoms with Gasteiger partial charge in [-0.3, -0.25) is 4.79 Å². The van der Waals surface area contributed by atoms with Crippen LogP contribution in [0.2, 0.25) is 0 Å². The number of nitrogen functional groups attached to an aromatic ring is 1. The van der Waals surface area contributed by atoms with Crippen LogP contribution in [0.3, 0.4) is 0 Å². The quantitative estimate of drug-likeness (QED) is 0.723. The number of carbonyl (C=O) groups excluding carboxylic acids is 1. The molecule has 0 aromatic heterocycles. The number of nitrogens with zero attached hydrogens (tertiary/aromatic N) is 1. The highest BCUT2D eigenvalue weighted by Gasteiger charge is 2.08. The Labute approximate surface area is 128 Å². The molecule has 0 atom stereocenters. The SMILES string of the molecule is CCN(CCCC(=O)Nc1cccc(N)c1C)CC(C)C. The van der Waals surface area contributed by atoms with E-state index < -0.39 is 0 Å². The van der Waals surface area contributed by atoms with E-state index in [0.29, 0.717) is 18.0 Å². The van der Waals surface area contributed by atoms with Crippen LogP contribution in [-0.4, -0.2) is 30.4 Å². The van der Waals surface area contributed by atoms with Crippen LogP contribution >= 0.6 is 0 Å². The summed E-state index contributed by atoms with van der Waals surface area (Å²) in [5.74, 6) is 0.720. The molecule has 0 spiro atoms. The van der Waals surface area contributed by atoms with E-state index in [1.807, 2.05) is 25.1 Å². The molecule has 0 bridgehead atoms. The summed E-state index contributed by atoms with van der Waals surface area (Å²) < 4.78 is 0. The number of hydrogen-bond acceptors (Lipinski definition) is 3. The normalized spacial score (nSPS) is 11.1. The van der Waals surface area contributed by atoms with Crippen molar-refractivity contribution in [1.29, 1.82) is 0 Å². The van der Waals surface area contributed by atoms with Crippen LogP contribution in [0.4, 0.5) is 11.4 Å². The maximum atomic E-state index is 12.0. The minimum Gasteiger partial charge on any atom is -0.398 e. The molecule has 4 heteroatoms. The van der Waals surface area contributed by atoms with E-state index in [4.69, 9.17) is 5.73 Å². The van der Waals surface area contributed by atoms with Gasteiger partial charge in [0, 0.05) is 24.3 Å². The lowest BCUT2D eigenvalue weighted by atomic mass is 10.1. The Morgan fingerprint density at radius 1 is 1.38 bits per heavy atom. The van der Waals surface area contributed by atoms with Crippen molar-refractivity contribution in [3.63, 3.8) is 0 Å². The van der Waals surface area contributed by atoms with Crippen molar-refractivity contribution >= 4 is 17.3 Å². The minimum atomic E-state index is 0.0595. The van der Waals surface area contributed by atoms with Crippen molar-refractivity contribution < 1.29 is 4.79 Å². The van der Waals surface area contributed by atoms with E-state index in [1.54, 1.807) is 0 Å². The fraction of sp³-hybridized carbons (Fsp3) is 0.588. The average molecular weight is 291 g/mol. The Hall–Kier alpha value is -1.55. The van der Waals surface area contributed by atoms with Gasteiger partial charge in [-0.25, -0.2) is 0 Å². The fourth-order valence-corrected chi connectivity index (χ4v) is 2.36. The molecule has 0 heterocycles. The summed E-state index contributed by atoms with van der Waals surface area (Å²) in [7, 11) is 0. The predicted octanol–water partition coefficient (Wildman–Crippen LogP) is 3.27. The van der Waals surface area contributed by atoms with Crippen LogP contribution in [0.25, 0.3) is 0 Å². The number of rotatable bonds is 8. The molecule has 0 unspecified atom stereocenters. The standard InChI is InChI=1S/C17H29N3O/c1-5-20(12-13(2)3)11-7-10-17(21)19-16-9-6-8-15(18)14(16)4/h6,8-9,13H,5,7,10-12,18H2,1-4H3,(H,19,21). The maximum absolute atomic E-state index is 12.0. The van der Waals surface area contributed by atoms with Gasteiger partial charge in [0.1, 0.15) is 0 Å². The predicted molar refractivity (Wildman–Crippen MR) is 90.4 cm³/mol. The van der Waals surface area contributed by atoms with E-state index in [2.05, 4.69) is 31.0 Å². The van der Waals surface area contributed by atoms with Crippen LogP contribution in [0, 0.1) is 12.8 Å². The van der Waals surface area contributed by atoms with E-state index in [1.165, 1.54) is 0 Å². The first kappa shape index (κ1) is 17.5. The monoisotopic (exact) mass is 291 g/mol. The van der Waals surface area contributed by atoms with Gasteiger partial charge in [-0.2, -0.15) is 0 Å². The Morgan fingerprint density at radius 2 is 2.10 bits per heavy atom. The summed E-state index contributed by atoms with van der Waals surface area (Å²) in [6.45, 7) is 11.6. The largest absolute Gasteiger partial charge is 0.398 e. The number of amides is 1. The Balaban J connectivity index is 2.39. The number of nitrogens with two attached hydrogens (primary N) is 1. The van der Waals surface area contributed by atoms with E-state index in [-0.39, 0.29) is 5.91 Å². The lowest BCUT2D eigenvalue weighted by Gasteiger charge is -2.22. The molecule has 0 fully saturated rings. The molecule has 0 saturated carbocycles. The maximum Gasteiger partial charge on any atom is 0.224 e. The highest BCUT2D eigenvalue weighted by molar-refractivity contribution is 5.92. The molecule has 1 aromatic carbocycles. The summed E-state index contributed by atoms with van der Waals surface area (Å²) in [5, 5.41) is 2.95. The number of carbonyl (C=O) groups is 1. The molecule has 0 aliphatic rings. The summed E-state index contributed by atoms with van der Waals surface area (Å²) in [5.41, 5.74) is 8.30. The molecule has 118 valence electrons. The molecule has 1 aromatic rings. The van der Waals surface area contributed by atoms with Gasteiger partial charge >= 0.3 is 0 Å². The van der Waals surface area contributed by atoms with Gasteiger partial charge < -0.3 is 16.0 Å². The Bertz CT molecular complexity index is 457. The molecule has 0 aliphatic carbocycles. The first-order valence-electron chi connectivity index (χ1n) is 7.81. The third-order valence-corrected chi connectivity index (χ3v) is 3.60. The summed E-state index contributed by atoms with van der Waals surface area (Å²) in [6, 6.07) is 5.59. The summed E-state index contributed by atoms with van der Waals surface area (Å²) in [6.07, 6.45) is 1.43. The van der Waals surface area contributed by atoms with Crippen LogP contribution in [-0.2, 0) is 4.79 Å². The molecule has 1 amide bonds. The molecule has 4 nitrogen and oxygen atoms in total. The van der Waals surface area contributed by atoms with Crippen molar-refractivity contribution in [2.45, 2.75) is 40.5 Å². The van der Waals surface area contributed by atoms with E-state index in [0.717, 1.165) is 37.3 Å². The van der Waals surface area contributed by atoms with E-state index >= 15 is 0 Å². The number of nitrogens with one attached hydrogen (secondary N) is 1. The Kier molecular flexibility index (Phi) is 7.23. The second-order valence-electron chi connectivity index (χ2n) is 5.96. The molecule has 3 N–H and O–H groups in total. The third-order valence-electron chi connectivity index (χ3n) is 3.60. The molecule has 0 saturated heterocycles. The van der Waals surface area contributed by atoms with Crippen LogP contribution in [0.1, 0.15) is 39.2 Å². The molecule has 0 radical (unpaired) electrons. The molecule has 0 aliphatic heterocycles. The Morgan fingerprint density at radius 3 is 2.71 bits per heavy atom. The summed E-state index contributed by atoms with van der Waals surface area (Å²) in [4.78, 5) is 14.4. The smallest absolute Gasteiger partial charge is 0.224 e. The highest BCUT2D eigenvalue weighted by atomic mass is 16.1. The fourth-order valence-electron chi connectivity index (χ4n) is 2.36. The summed E-state index contributed by atoms with van der Waals surface area (Å²) >= 11 is 0. The number of benzene rings is 1. The third kappa shape index (κ3) is 6.17. The zero-order valence-corrected chi connectivity index (χ0v) is 13.8. The van der Waals surface area contributed by atoms with Crippen molar-refractivity contribution in [2.75, 3.05) is 30.7 Å². The van der Waals surface area contributed by atoms with Gasteiger partial charge in [-0.1, -0.05) is 26.8 Å². The zero-order chi connectivity index (χ0) is 15.8. The number of hydrogen-bond donors (Lipinski definition) is 2. The van der Waals surface area contributed by atoms with Crippen molar-refractivity contribution in [1.82, 2.24) is 4.90 Å². The van der Waals surface area contributed by atoms with Gasteiger partial charge in [0.2, 0.25) is 5.91 Å². The first-order valence-corrected chi connectivity index (χ1v) is 7.81. The van der Waals surface area contributed by atoms with Gasteiger partial charge in [0.25, 0.3) is 0 Å². The van der Waals surface area contributed by atoms with Crippen LogP contribution in [0.5, 0.6) is 0 Å². The van der Waals surface area contributed by atoms with E-state index in [9.17, 15) is 4.79 Å². The highest BCUT2D eigenvalue weighted by Crippen LogP contribution is 2.20. The van der Waals surface area contributed by atoms with Gasteiger partial charge in [0.05, 0.1) is 0 Å². The molecular formula is C17H29N3O. The van der Waals surface area contributed by atoms with Gasteiger partial charge in [-0.15, -0.1) is 0 Å². The number of anilines is 2. The van der Waals surface area contributed by atoms with Gasteiger partial charge in [0.15, 0.2) is 0 Å². The molecule has 21 heavy (non-hydrogen) atoms. The van der Waals surface area contributed by atoms with Crippen molar-refractivity contribution in [2.24, 2.45) is 5.92 Å². The van der Waals surface area contributed by atoms with Crippen LogP contribution < -0.4 is 11.1 Å². The zero-order valence-electron chi connectivity index (χ0n) is 13.8. The lowest BCUT2D eigenvalue weighted by Crippen LogP contribution is -2.29. The minimum absolute atomic E-state index is 0.0595. The second-order valence-corrected chi connectivity index (χ2v) is 5.96. The van der Waals surface area contributed by atoms with Gasteiger partial charge in [-0.05, 0) is 50.0 Å². The first-order chi connectivity index (χ1) is 9.93. The average Bonchev–Trinajstić information content (AvgIpc) is 2.42. The van der Waals surface area contributed by atoms with Crippen molar-refractivity contribution in [3.05, 3.63) is 23.8 Å². The lowest BCUT2D eigenvalue weighted by molar-refractivity contribution is -0.116. The van der Waals surface area contributed by atoms with Crippen molar-refractivity contribution in [3.8, 4) is 0 Å². The molecule has 1 rings (SSSR count). The molecular weight excluding hydrogens is 262 g/mol. The second kappa shape index (κ2) is 8.67. The topological polar surface area (TPSA) is 58.4 Å². The van der Waals surface area contributed by atoms with Crippen LogP contribution in [0.15, 0.2) is 18.2 Å².